The summed E-state index contributed by atoms with van der Waals surface area (Å²) in [7, 11) is 0. The number of piperidine rings is 1. The molecule has 1 unspecified atom stereocenters. The quantitative estimate of drug-likeness (QED) is 0.849. The molecule has 4 nitrogen and oxygen atoms in total. The number of carboxylic acid groups (broad SMARTS) is 1. The average Bonchev–Trinajstić information content (AvgIpc) is 2.96. The average molecular weight is 293 g/mol. The number of hydrogen-bond donors (Lipinski definition) is 1. The second-order valence-electron chi connectivity index (χ2n) is 5.07. The Hall–Kier alpha value is -1.62. The smallest absolute Gasteiger partial charge is 0.303 e. The summed E-state index contributed by atoms with van der Waals surface area (Å²) in [5.74, 6) is -0.414. The molecule has 1 amide bonds. The van der Waals surface area contributed by atoms with Gasteiger partial charge < -0.3 is 10.0 Å². The largest absolute Gasteiger partial charge is 0.481 e. The highest BCUT2D eigenvalue weighted by Gasteiger charge is 2.22. The predicted molar refractivity (Wildman–Crippen MR) is 79.5 cm³/mol. The van der Waals surface area contributed by atoms with Gasteiger partial charge in [0, 0.05) is 30.5 Å². The van der Waals surface area contributed by atoms with Gasteiger partial charge in [-0.25, -0.2) is 0 Å². The molecule has 0 radical (unpaired) electrons. The zero-order chi connectivity index (χ0) is 14.4. The Morgan fingerprint density at radius 1 is 1.50 bits per heavy atom. The van der Waals surface area contributed by atoms with Crippen molar-refractivity contribution < 1.29 is 14.7 Å². The van der Waals surface area contributed by atoms with Crippen molar-refractivity contribution in [2.75, 3.05) is 13.1 Å². The fourth-order valence-electron chi connectivity index (χ4n) is 2.47. The van der Waals surface area contributed by atoms with Gasteiger partial charge in [0.05, 0.1) is 0 Å². The van der Waals surface area contributed by atoms with E-state index in [1.807, 2.05) is 28.5 Å². The standard InChI is InChI=1S/C15H19NO3S/c17-14(7-6-13-4-2-10-20-13)16-9-1-3-12(11-16)5-8-15(18)19/h2,4,6-7,10,12H,1,3,5,8-9,11H2,(H,18,19)/b7-6+. The molecule has 20 heavy (non-hydrogen) atoms. The summed E-state index contributed by atoms with van der Waals surface area (Å²) in [6.45, 7) is 1.46. The minimum Gasteiger partial charge on any atom is -0.481 e. The van der Waals surface area contributed by atoms with Gasteiger partial charge in [-0.15, -0.1) is 11.3 Å². The Bertz CT molecular complexity index is 481. The lowest BCUT2D eigenvalue weighted by Crippen LogP contribution is -2.39. The minimum absolute atomic E-state index is 0.0263. The maximum atomic E-state index is 12.1. The van der Waals surface area contributed by atoms with E-state index in [0.29, 0.717) is 18.9 Å². The van der Waals surface area contributed by atoms with Crippen LogP contribution in [-0.2, 0) is 9.59 Å². The maximum Gasteiger partial charge on any atom is 0.303 e. The number of amides is 1. The molecule has 1 aliphatic rings. The summed E-state index contributed by atoms with van der Waals surface area (Å²) in [6.07, 6.45) is 6.29. The summed E-state index contributed by atoms with van der Waals surface area (Å²) >= 11 is 1.60. The van der Waals surface area contributed by atoms with E-state index in [1.54, 1.807) is 17.4 Å². The number of thiophene rings is 1. The molecule has 0 aliphatic carbocycles. The number of likely N-dealkylation sites (tertiary alicyclic amines) is 1. The Labute approximate surface area is 122 Å². The van der Waals surface area contributed by atoms with Gasteiger partial charge in [-0.2, -0.15) is 0 Å². The third-order valence-corrected chi connectivity index (χ3v) is 4.37. The lowest BCUT2D eigenvalue weighted by Gasteiger charge is -2.31. The molecule has 1 aromatic heterocycles. The molecule has 1 atom stereocenters. The van der Waals surface area contributed by atoms with Crippen molar-refractivity contribution in [2.24, 2.45) is 5.92 Å². The number of carbonyl (C=O) groups is 2. The highest BCUT2D eigenvalue weighted by atomic mass is 32.1. The Kier molecular flexibility index (Phi) is 5.35. The topological polar surface area (TPSA) is 57.6 Å². The molecule has 0 saturated carbocycles. The zero-order valence-corrected chi connectivity index (χ0v) is 12.1. The fourth-order valence-corrected chi connectivity index (χ4v) is 3.09. The van der Waals surface area contributed by atoms with Gasteiger partial charge in [-0.1, -0.05) is 6.07 Å². The van der Waals surface area contributed by atoms with Gasteiger partial charge in [0.25, 0.3) is 0 Å². The summed E-state index contributed by atoms with van der Waals surface area (Å²) in [6, 6.07) is 3.93. The monoisotopic (exact) mass is 293 g/mol. The van der Waals surface area contributed by atoms with Crippen LogP contribution in [-0.4, -0.2) is 35.0 Å². The summed E-state index contributed by atoms with van der Waals surface area (Å²) in [4.78, 5) is 25.6. The zero-order valence-electron chi connectivity index (χ0n) is 11.3. The van der Waals surface area contributed by atoms with E-state index in [2.05, 4.69) is 0 Å². The lowest BCUT2D eigenvalue weighted by atomic mass is 9.93. The Morgan fingerprint density at radius 3 is 3.05 bits per heavy atom. The second-order valence-corrected chi connectivity index (χ2v) is 6.05. The van der Waals surface area contributed by atoms with Crippen LogP contribution in [0.3, 0.4) is 0 Å². The summed E-state index contributed by atoms with van der Waals surface area (Å²) in [5, 5.41) is 10.7. The first kappa shape index (κ1) is 14.8. The molecule has 0 aromatic carbocycles. The molecule has 1 aromatic rings. The molecule has 0 spiro atoms. The highest BCUT2D eigenvalue weighted by Crippen LogP contribution is 2.21. The van der Waals surface area contributed by atoms with Gasteiger partial charge >= 0.3 is 5.97 Å². The van der Waals surface area contributed by atoms with Gasteiger partial charge in [0.15, 0.2) is 0 Å². The Balaban J connectivity index is 1.85. The second kappa shape index (κ2) is 7.24. The van der Waals surface area contributed by atoms with Gasteiger partial charge in [0.2, 0.25) is 5.91 Å². The molecular weight excluding hydrogens is 274 g/mol. The molecule has 2 rings (SSSR count). The van der Waals surface area contributed by atoms with Crippen molar-refractivity contribution in [2.45, 2.75) is 25.7 Å². The third kappa shape index (κ3) is 4.49. The third-order valence-electron chi connectivity index (χ3n) is 3.53. The van der Waals surface area contributed by atoms with E-state index in [4.69, 9.17) is 5.11 Å². The van der Waals surface area contributed by atoms with Crippen molar-refractivity contribution in [1.82, 2.24) is 4.90 Å². The first-order chi connectivity index (χ1) is 9.65. The van der Waals surface area contributed by atoms with E-state index in [0.717, 1.165) is 24.3 Å². The number of nitrogens with zero attached hydrogens (tertiary/aromatic N) is 1. The molecule has 5 heteroatoms. The number of carboxylic acids is 1. The summed E-state index contributed by atoms with van der Waals surface area (Å²) in [5.41, 5.74) is 0. The molecular formula is C15H19NO3S. The van der Waals surface area contributed by atoms with Gasteiger partial charge in [-0.3, -0.25) is 9.59 Å². The first-order valence-electron chi connectivity index (χ1n) is 6.87. The molecule has 1 fully saturated rings. The van der Waals surface area contributed by atoms with Crippen LogP contribution in [0.1, 0.15) is 30.6 Å². The molecule has 1 N–H and O–H groups in total. The highest BCUT2D eigenvalue weighted by molar-refractivity contribution is 7.10. The van der Waals surface area contributed by atoms with E-state index < -0.39 is 5.97 Å². The van der Waals surface area contributed by atoms with E-state index >= 15 is 0 Å². The molecule has 2 heterocycles. The number of hydrogen-bond acceptors (Lipinski definition) is 3. The first-order valence-corrected chi connectivity index (χ1v) is 7.75. The van der Waals surface area contributed by atoms with Crippen molar-refractivity contribution in [3.63, 3.8) is 0 Å². The molecule has 1 aliphatic heterocycles. The SMILES string of the molecule is O=C(O)CCC1CCCN(C(=O)/C=C/c2cccs2)C1. The van der Waals surface area contributed by atoms with E-state index in [1.165, 1.54) is 0 Å². The number of carbonyl (C=O) groups excluding carboxylic acids is 1. The lowest BCUT2D eigenvalue weighted by molar-refractivity contribution is -0.137. The normalized spacial score (nSPS) is 19.4. The molecule has 1 saturated heterocycles. The minimum atomic E-state index is -0.758. The van der Waals surface area contributed by atoms with Crippen LogP contribution >= 0.6 is 11.3 Å². The fraction of sp³-hybridized carbons (Fsp3) is 0.467. The van der Waals surface area contributed by atoms with Crippen LogP contribution in [0.2, 0.25) is 0 Å². The van der Waals surface area contributed by atoms with Crippen LogP contribution in [0.25, 0.3) is 6.08 Å². The van der Waals surface area contributed by atoms with Crippen molar-refractivity contribution in [1.29, 1.82) is 0 Å². The van der Waals surface area contributed by atoms with E-state index in [9.17, 15) is 9.59 Å². The van der Waals surface area contributed by atoms with Gasteiger partial charge in [0.1, 0.15) is 0 Å². The number of aliphatic carboxylic acids is 1. The van der Waals surface area contributed by atoms with Crippen LogP contribution in [0.5, 0.6) is 0 Å². The van der Waals surface area contributed by atoms with Crippen LogP contribution in [0.15, 0.2) is 23.6 Å². The number of rotatable bonds is 5. The predicted octanol–water partition coefficient (Wildman–Crippen LogP) is 2.86. The van der Waals surface area contributed by atoms with E-state index in [-0.39, 0.29) is 12.3 Å². The van der Waals surface area contributed by atoms with Crippen molar-refractivity contribution >= 4 is 29.3 Å². The van der Waals surface area contributed by atoms with Crippen LogP contribution in [0, 0.1) is 5.92 Å². The van der Waals surface area contributed by atoms with Crippen molar-refractivity contribution in [3.8, 4) is 0 Å². The maximum absolute atomic E-state index is 12.1. The van der Waals surface area contributed by atoms with Crippen LogP contribution < -0.4 is 0 Å². The molecule has 108 valence electrons. The van der Waals surface area contributed by atoms with Crippen molar-refractivity contribution in [3.05, 3.63) is 28.5 Å². The molecule has 0 bridgehead atoms. The van der Waals surface area contributed by atoms with Gasteiger partial charge in [-0.05, 0) is 42.7 Å². The van der Waals surface area contributed by atoms with Crippen LogP contribution in [0.4, 0.5) is 0 Å². The summed E-state index contributed by atoms with van der Waals surface area (Å²) < 4.78 is 0. The Morgan fingerprint density at radius 2 is 2.35 bits per heavy atom.